The molecule has 0 heterocycles. The summed E-state index contributed by atoms with van der Waals surface area (Å²) in [5.41, 5.74) is 5.96. The summed E-state index contributed by atoms with van der Waals surface area (Å²) in [4.78, 5) is 0.328. The van der Waals surface area contributed by atoms with Crippen molar-refractivity contribution >= 4 is 10.0 Å². The molecule has 1 aliphatic carbocycles. The molecule has 4 heteroatoms. The fraction of sp³-hybridized carbons (Fsp3) is 0.200. The van der Waals surface area contributed by atoms with Crippen molar-refractivity contribution in [1.82, 2.24) is 4.31 Å². The zero-order valence-corrected chi connectivity index (χ0v) is 17.4. The molecule has 4 rings (SSSR count). The molecule has 3 aromatic carbocycles. The zero-order chi connectivity index (χ0) is 20.4. The van der Waals surface area contributed by atoms with E-state index < -0.39 is 10.0 Å². The van der Waals surface area contributed by atoms with Gasteiger partial charge in [0.15, 0.2) is 0 Å². The third-order valence-electron chi connectivity index (χ3n) is 5.59. The highest BCUT2D eigenvalue weighted by atomic mass is 32.2. The molecule has 1 unspecified atom stereocenters. The average Bonchev–Trinajstić information content (AvgIpc) is 2.74. The van der Waals surface area contributed by atoms with Gasteiger partial charge in [-0.1, -0.05) is 72.3 Å². The summed E-state index contributed by atoms with van der Waals surface area (Å²) in [6.45, 7) is 6.45. The molecule has 0 bridgehead atoms. The van der Waals surface area contributed by atoms with Crippen LogP contribution in [0.15, 0.2) is 90.3 Å². The minimum Gasteiger partial charge on any atom is -0.207 e. The second-order valence-corrected chi connectivity index (χ2v) is 9.51. The third-order valence-corrected chi connectivity index (χ3v) is 7.44. The van der Waals surface area contributed by atoms with Crippen LogP contribution in [0.25, 0.3) is 11.1 Å². The van der Waals surface area contributed by atoms with E-state index in [0.29, 0.717) is 11.4 Å². The molecule has 0 amide bonds. The van der Waals surface area contributed by atoms with Gasteiger partial charge in [0, 0.05) is 19.0 Å². The molecule has 0 aromatic heterocycles. The summed E-state index contributed by atoms with van der Waals surface area (Å²) in [5, 5.41) is 0. The van der Waals surface area contributed by atoms with Crippen LogP contribution in [0.4, 0.5) is 0 Å². The SMILES string of the molecule is C=CCN(CC1Cc2ccccc2-c2ccccc21)S(=O)(=O)c1ccc(C)cc1. The van der Waals surface area contributed by atoms with Gasteiger partial charge in [-0.15, -0.1) is 6.58 Å². The molecule has 0 saturated carbocycles. The number of hydrogen-bond donors (Lipinski definition) is 0. The van der Waals surface area contributed by atoms with Crippen LogP contribution >= 0.6 is 0 Å². The highest BCUT2D eigenvalue weighted by molar-refractivity contribution is 7.89. The molecule has 1 atom stereocenters. The lowest BCUT2D eigenvalue weighted by molar-refractivity contribution is 0.408. The first-order valence-electron chi connectivity index (χ1n) is 9.85. The number of benzene rings is 3. The Bertz CT molecular complexity index is 1130. The highest BCUT2D eigenvalue weighted by Crippen LogP contribution is 2.40. The molecular weight excluding hydrogens is 378 g/mol. The van der Waals surface area contributed by atoms with Gasteiger partial charge >= 0.3 is 0 Å². The van der Waals surface area contributed by atoms with Gasteiger partial charge in [0.25, 0.3) is 0 Å². The van der Waals surface area contributed by atoms with Crippen molar-refractivity contribution in [1.29, 1.82) is 0 Å². The van der Waals surface area contributed by atoms with Crippen LogP contribution in [0.5, 0.6) is 0 Å². The van der Waals surface area contributed by atoms with E-state index in [9.17, 15) is 8.42 Å². The van der Waals surface area contributed by atoms with Crippen LogP contribution in [0, 0.1) is 6.92 Å². The number of fused-ring (bicyclic) bond motifs is 3. The molecule has 0 fully saturated rings. The van der Waals surface area contributed by atoms with Crippen molar-refractivity contribution in [2.24, 2.45) is 0 Å². The summed E-state index contributed by atoms with van der Waals surface area (Å²) < 4.78 is 28.2. The Kier molecular flexibility index (Phi) is 5.39. The molecule has 1 aliphatic rings. The minimum atomic E-state index is -3.60. The first-order chi connectivity index (χ1) is 14.0. The average molecular weight is 404 g/mol. The Morgan fingerprint density at radius 2 is 1.62 bits per heavy atom. The lowest BCUT2D eigenvalue weighted by Crippen LogP contribution is -2.36. The highest BCUT2D eigenvalue weighted by Gasteiger charge is 2.30. The Morgan fingerprint density at radius 3 is 2.34 bits per heavy atom. The third kappa shape index (κ3) is 3.78. The van der Waals surface area contributed by atoms with E-state index in [1.54, 1.807) is 22.5 Å². The van der Waals surface area contributed by atoms with Crippen molar-refractivity contribution in [2.45, 2.75) is 24.2 Å². The van der Waals surface area contributed by atoms with Gasteiger partial charge in [0.1, 0.15) is 0 Å². The summed E-state index contributed by atoms with van der Waals surface area (Å²) in [6.07, 6.45) is 2.48. The summed E-state index contributed by atoms with van der Waals surface area (Å²) in [7, 11) is -3.60. The van der Waals surface area contributed by atoms with E-state index in [4.69, 9.17) is 0 Å². The molecule has 0 N–H and O–H groups in total. The first-order valence-corrected chi connectivity index (χ1v) is 11.3. The molecule has 0 aliphatic heterocycles. The number of rotatable bonds is 6. The molecule has 0 saturated heterocycles. The molecule has 0 spiro atoms. The van der Waals surface area contributed by atoms with E-state index in [0.717, 1.165) is 12.0 Å². The van der Waals surface area contributed by atoms with Gasteiger partial charge < -0.3 is 0 Å². The number of sulfonamides is 1. The number of aryl methyl sites for hydroxylation is 1. The Balaban J connectivity index is 1.71. The fourth-order valence-electron chi connectivity index (χ4n) is 4.12. The summed E-state index contributed by atoms with van der Waals surface area (Å²) in [5.74, 6) is 0.0984. The summed E-state index contributed by atoms with van der Waals surface area (Å²) in [6, 6.07) is 23.8. The quantitative estimate of drug-likeness (QED) is 0.532. The van der Waals surface area contributed by atoms with Crippen molar-refractivity contribution < 1.29 is 8.42 Å². The second-order valence-electron chi connectivity index (χ2n) is 7.57. The van der Waals surface area contributed by atoms with Crippen molar-refractivity contribution in [2.75, 3.05) is 13.1 Å². The van der Waals surface area contributed by atoms with Crippen LogP contribution in [-0.2, 0) is 16.4 Å². The predicted molar refractivity (Wildman–Crippen MR) is 118 cm³/mol. The molecule has 29 heavy (non-hydrogen) atoms. The Labute approximate surface area is 173 Å². The van der Waals surface area contributed by atoms with Gasteiger partial charge in [0.05, 0.1) is 4.90 Å². The monoisotopic (exact) mass is 403 g/mol. The molecule has 3 aromatic rings. The maximum atomic E-state index is 13.3. The van der Waals surface area contributed by atoms with Crippen LogP contribution in [-0.4, -0.2) is 25.8 Å². The topological polar surface area (TPSA) is 37.4 Å². The minimum absolute atomic E-state index is 0.0984. The molecule has 0 radical (unpaired) electrons. The molecular formula is C25H25NO2S. The Morgan fingerprint density at radius 1 is 0.966 bits per heavy atom. The predicted octanol–water partition coefficient (Wildman–Crippen LogP) is 5.18. The van der Waals surface area contributed by atoms with E-state index >= 15 is 0 Å². The van der Waals surface area contributed by atoms with Crippen molar-refractivity contribution in [3.05, 3.63) is 102 Å². The van der Waals surface area contributed by atoms with E-state index in [1.807, 2.05) is 37.3 Å². The normalized spacial score (nSPS) is 15.6. The van der Waals surface area contributed by atoms with Gasteiger partial charge in [0.2, 0.25) is 10.0 Å². The van der Waals surface area contributed by atoms with Crippen LogP contribution in [0.2, 0.25) is 0 Å². The number of nitrogens with zero attached hydrogens (tertiary/aromatic N) is 1. The Hall–Kier alpha value is -2.69. The standard InChI is InChI=1S/C25H25NO2S/c1-3-16-26(29(27,28)22-14-12-19(2)13-15-22)18-21-17-20-8-4-5-9-23(20)25-11-7-6-10-24(21)25/h3-15,21H,1,16-18H2,2H3. The lowest BCUT2D eigenvalue weighted by atomic mass is 9.79. The smallest absolute Gasteiger partial charge is 0.207 e. The van der Waals surface area contributed by atoms with Gasteiger partial charge in [-0.2, -0.15) is 4.31 Å². The van der Waals surface area contributed by atoms with Crippen molar-refractivity contribution in [3.8, 4) is 11.1 Å². The maximum absolute atomic E-state index is 13.3. The first kappa shape index (κ1) is 19.6. The van der Waals surface area contributed by atoms with Crippen LogP contribution < -0.4 is 0 Å². The number of hydrogen-bond acceptors (Lipinski definition) is 2. The van der Waals surface area contributed by atoms with Gasteiger partial charge in [-0.05, 0) is 47.7 Å². The molecule has 3 nitrogen and oxygen atoms in total. The molecule has 148 valence electrons. The van der Waals surface area contributed by atoms with Crippen LogP contribution in [0.3, 0.4) is 0 Å². The van der Waals surface area contributed by atoms with E-state index in [1.165, 1.54) is 22.3 Å². The van der Waals surface area contributed by atoms with Crippen molar-refractivity contribution in [3.63, 3.8) is 0 Å². The van der Waals surface area contributed by atoms with Gasteiger partial charge in [-0.3, -0.25) is 0 Å². The fourth-order valence-corrected chi connectivity index (χ4v) is 5.57. The van der Waals surface area contributed by atoms with Gasteiger partial charge in [-0.25, -0.2) is 8.42 Å². The lowest BCUT2D eigenvalue weighted by Gasteiger charge is -2.32. The maximum Gasteiger partial charge on any atom is 0.243 e. The summed E-state index contributed by atoms with van der Waals surface area (Å²) >= 11 is 0. The zero-order valence-electron chi connectivity index (χ0n) is 16.6. The van der Waals surface area contributed by atoms with Crippen LogP contribution in [0.1, 0.15) is 22.6 Å². The second kappa shape index (κ2) is 7.97. The van der Waals surface area contributed by atoms with E-state index in [-0.39, 0.29) is 12.5 Å². The largest absolute Gasteiger partial charge is 0.243 e. The van der Waals surface area contributed by atoms with E-state index in [2.05, 4.69) is 36.9 Å².